The number of rotatable bonds is 7. The number of hydrogen-bond acceptors (Lipinski definition) is 3. The van der Waals surface area contributed by atoms with Crippen molar-refractivity contribution in [3.63, 3.8) is 0 Å². The lowest BCUT2D eigenvalue weighted by Gasteiger charge is -2.11. The van der Waals surface area contributed by atoms with Crippen molar-refractivity contribution in [1.29, 1.82) is 0 Å². The highest BCUT2D eigenvalue weighted by atomic mass is 16.3. The number of hydrogen-bond donors (Lipinski definition) is 2. The van der Waals surface area contributed by atoms with Gasteiger partial charge in [-0.3, -0.25) is 4.99 Å². The Hall–Kier alpha value is -3.02. The topological polar surface area (TPSA) is 67.4 Å². The Morgan fingerprint density at radius 2 is 1.85 bits per heavy atom. The van der Waals surface area contributed by atoms with Gasteiger partial charge in [-0.2, -0.15) is 0 Å². The molecule has 6 nitrogen and oxygen atoms in total. The van der Waals surface area contributed by atoms with Crippen LogP contribution in [-0.2, 0) is 13.0 Å². The van der Waals surface area contributed by atoms with E-state index in [0.717, 1.165) is 43.3 Å². The molecule has 0 aliphatic carbocycles. The maximum absolute atomic E-state index is 5.59. The summed E-state index contributed by atoms with van der Waals surface area (Å²) < 4.78 is 7.72. The van der Waals surface area contributed by atoms with E-state index in [2.05, 4.69) is 44.2 Å². The molecule has 0 aliphatic heterocycles. The number of guanidine groups is 1. The molecular weight excluding hydrogens is 326 g/mol. The third-order valence-electron chi connectivity index (χ3n) is 4.08. The third-order valence-corrected chi connectivity index (χ3v) is 4.08. The zero-order valence-electron chi connectivity index (χ0n) is 15.3. The minimum absolute atomic E-state index is 0.661. The molecule has 0 saturated carbocycles. The van der Waals surface area contributed by atoms with Gasteiger partial charge in [-0.05, 0) is 31.2 Å². The zero-order valence-corrected chi connectivity index (χ0v) is 15.3. The molecule has 2 aromatic heterocycles. The minimum Gasteiger partial charge on any atom is -0.444 e. The van der Waals surface area contributed by atoms with Crippen molar-refractivity contribution in [2.75, 3.05) is 20.1 Å². The summed E-state index contributed by atoms with van der Waals surface area (Å²) in [7, 11) is 1.77. The molecule has 6 heteroatoms. The number of aliphatic imine (C=N–C) groups is 1. The molecule has 0 bridgehead atoms. The normalized spacial score (nSPS) is 11.5. The molecule has 3 aromatic rings. The van der Waals surface area contributed by atoms with E-state index in [1.807, 2.05) is 36.7 Å². The Morgan fingerprint density at radius 1 is 1.12 bits per heavy atom. The molecule has 136 valence electrons. The van der Waals surface area contributed by atoms with E-state index in [1.54, 1.807) is 13.3 Å². The Bertz CT molecular complexity index is 818. The average Bonchev–Trinajstić information content (AvgIpc) is 3.33. The molecule has 0 atom stereocenters. The number of benzene rings is 1. The van der Waals surface area contributed by atoms with Crippen LogP contribution in [0.3, 0.4) is 0 Å². The fourth-order valence-corrected chi connectivity index (χ4v) is 2.60. The van der Waals surface area contributed by atoms with Gasteiger partial charge in [0.05, 0.1) is 5.69 Å². The van der Waals surface area contributed by atoms with E-state index < -0.39 is 0 Å². The molecule has 0 fully saturated rings. The van der Waals surface area contributed by atoms with Crippen LogP contribution in [0.1, 0.15) is 11.3 Å². The molecule has 0 spiro atoms. The first kappa shape index (κ1) is 17.8. The summed E-state index contributed by atoms with van der Waals surface area (Å²) >= 11 is 0. The number of aryl methyl sites for hydroxylation is 1. The first-order valence-electron chi connectivity index (χ1n) is 8.81. The standard InChI is InChI=1S/C20H25N5O/c1-16-5-7-17(8-6-16)19-24-18(15-26-19)9-10-22-20(21-2)23-11-14-25-12-3-4-13-25/h3-8,12-13,15H,9-11,14H2,1-2H3,(H2,21,22,23). The van der Waals surface area contributed by atoms with Gasteiger partial charge in [0.15, 0.2) is 5.96 Å². The van der Waals surface area contributed by atoms with Crippen molar-refractivity contribution >= 4 is 5.96 Å². The average molecular weight is 351 g/mol. The lowest BCUT2D eigenvalue weighted by Crippen LogP contribution is -2.39. The predicted molar refractivity (Wildman–Crippen MR) is 104 cm³/mol. The Balaban J connectivity index is 1.43. The van der Waals surface area contributed by atoms with Gasteiger partial charge in [0.1, 0.15) is 6.26 Å². The Morgan fingerprint density at radius 3 is 2.58 bits per heavy atom. The van der Waals surface area contributed by atoms with Crippen LogP contribution in [0.15, 0.2) is 64.5 Å². The third kappa shape index (κ3) is 4.99. The minimum atomic E-state index is 0.661. The van der Waals surface area contributed by atoms with Crippen molar-refractivity contribution in [2.45, 2.75) is 19.9 Å². The molecule has 0 unspecified atom stereocenters. The summed E-state index contributed by atoms with van der Waals surface area (Å²) in [5, 5.41) is 6.61. The number of oxazole rings is 1. The summed E-state index contributed by atoms with van der Waals surface area (Å²) in [6.07, 6.45) is 6.59. The largest absolute Gasteiger partial charge is 0.444 e. The Labute approximate surface area is 154 Å². The van der Waals surface area contributed by atoms with Crippen LogP contribution in [0.25, 0.3) is 11.5 Å². The number of aromatic nitrogens is 2. The van der Waals surface area contributed by atoms with Gasteiger partial charge in [0, 0.05) is 51.1 Å². The highest BCUT2D eigenvalue weighted by Crippen LogP contribution is 2.19. The van der Waals surface area contributed by atoms with Crippen molar-refractivity contribution in [3.8, 4) is 11.5 Å². The highest BCUT2D eigenvalue weighted by Gasteiger charge is 2.06. The van der Waals surface area contributed by atoms with E-state index >= 15 is 0 Å². The second-order valence-electron chi connectivity index (χ2n) is 6.11. The Kier molecular flexibility index (Phi) is 6.09. The van der Waals surface area contributed by atoms with Crippen molar-refractivity contribution < 1.29 is 4.42 Å². The first-order valence-corrected chi connectivity index (χ1v) is 8.81. The van der Waals surface area contributed by atoms with Gasteiger partial charge < -0.3 is 19.6 Å². The molecule has 1 aromatic carbocycles. The van der Waals surface area contributed by atoms with Crippen LogP contribution in [-0.4, -0.2) is 35.6 Å². The van der Waals surface area contributed by atoms with Gasteiger partial charge in [-0.1, -0.05) is 17.7 Å². The molecule has 0 radical (unpaired) electrons. The first-order chi connectivity index (χ1) is 12.7. The quantitative estimate of drug-likeness (QED) is 0.507. The molecule has 2 N–H and O–H groups in total. The summed E-state index contributed by atoms with van der Waals surface area (Å²) in [6.45, 7) is 4.52. The second kappa shape index (κ2) is 8.89. The van der Waals surface area contributed by atoms with Crippen LogP contribution >= 0.6 is 0 Å². The summed E-state index contributed by atoms with van der Waals surface area (Å²) in [5.41, 5.74) is 3.15. The molecule has 0 aliphatic rings. The smallest absolute Gasteiger partial charge is 0.226 e. The highest BCUT2D eigenvalue weighted by molar-refractivity contribution is 5.79. The van der Waals surface area contributed by atoms with Crippen molar-refractivity contribution in [2.24, 2.45) is 4.99 Å². The van der Waals surface area contributed by atoms with Gasteiger partial charge in [0.25, 0.3) is 0 Å². The van der Waals surface area contributed by atoms with Gasteiger partial charge in [-0.25, -0.2) is 4.98 Å². The summed E-state index contributed by atoms with van der Waals surface area (Å²) in [6, 6.07) is 12.2. The predicted octanol–water partition coefficient (Wildman–Crippen LogP) is 2.86. The fraction of sp³-hybridized carbons (Fsp3) is 0.300. The molecule has 0 saturated heterocycles. The van der Waals surface area contributed by atoms with Crippen LogP contribution in [0.2, 0.25) is 0 Å². The summed E-state index contributed by atoms with van der Waals surface area (Å²) in [4.78, 5) is 8.80. The number of nitrogens with zero attached hydrogens (tertiary/aromatic N) is 3. The molecule has 26 heavy (non-hydrogen) atoms. The lowest BCUT2D eigenvalue weighted by molar-refractivity contribution is 0.572. The van der Waals surface area contributed by atoms with Crippen LogP contribution < -0.4 is 10.6 Å². The molecule has 2 heterocycles. The number of nitrogens with one attached hydrogen (secondary N) is 2. The van der Waals surface area contributed by atoms with E-state index in [9.17, 15) is 0 Å². The maximum Gasteiger partial charge on any atom is 0.226 e. The van der Waals surface area contributed by atoms with E-state index in [0.29, 0.717) is 5.89 Å². The molecule has 0 amide bonds. The van der Waals surface area contributed by atoms with Crippen LogP contribution in [0.5, 0.6) is 0 Å². The maximum atomic E-state index is 5.59. The summed E-state index contributed by atoms with van der Waals surface area (Å²) in [5.74, 6) is 1.45. The molecule has 3 rings (SSSR count). The lowest BCUT2D eigenvalue weighted by atomic mass is 10.1. The zero-order chi connectivity index (χ0) is 18.2. The van der Waals surface area contributed by atoms with E-state index in [-0.39, 0.29) is 0 Å². The fourth-order valence-electron chi connectivity index (χ4n) is 2.60. The molecular formula is C20H25N5O. The SMILES string of the molecule is CN=C(NCCc1coc(-c2ccc(C)cc2)n1)NCCn1cccc1. The van der Waals surface area contributed by atoms with Gasteiger partial charge in [0.2, 0.25) is 5.89 Å². The van der Waals surface area contributed by atoms with Crippen molar-refractivity contribution in [3.05, 3.63) is 66.3 Å². The van der Waals surface area contributed by atoms with E-state index in [4.69, 9.17) is 4.42 Å². The van der Waals surface area contributed by atoms with Crippen molar-refractivity contribution in [1.82, 2.24) is 20.2 Å². The van der Waals surface area contributed by atoms with Gasteiger partial charge in [-0.15, -0.1) is 0 Å². The van der Waals surface area contributed by atoms with Crippen LogP contribution in [0.4, 0.5) is 0 Å². The van der Waals surface area contributed by atoms with Crippen LogP contribution in [0, 0.1) is 6.92 Å². The second-order valence-corrected chi connectivity index (χ2v) is 6.11. The van der Waals surface area contributed by atoms with E-state index in [1.165, 1.54) is 5.56 Å². The van der Waals surface area contributed by atoms with Gasteiger partial charge >= 0.3 is 0 Å². The monoisotopic (exact) mass is 351 g/mol.